The van der Waals surface area contributed by atoms with Gasteiger partial charge in [0, 0.05) is 33.4 Å². The fraction of sp³-hybridized carbons (Fsp3) is 0.333. The van der Waals surface area contributed by atoms with Gasteiger partial charge in [0.25, 0.3) is 5.56 Å². The van der Waals surface area contributed by atoms with Crippen molar-refractivity contribution >= 4 is 34.3 Å². The molecule has 1 aliphatic heterocycles. The van der Waals surface area contributed by atoms with Crippen molar-refractivity contribution in [3.8, 4) is 0 Å². The van der Waals surface area contributed by atoms with Crippen molar-refractivity contribution in [2.75, 3.05) is 26.0 Å². The molecule has 0 atom stereocenters. The Morgan fingerprint density at radius 2 is 1.88 bits per heavy atom. The lowest BCUT2D eigenvalue weighted by atomic mass is 10.00. The largest absolute Gasteiger partial charge is 0.385 e. The van der Waals surface area contributed by atoms with E-state index in [1.54, 1.807) is 11.7 Å². The second-order valence-electron chi connectivity index (χ2n) is 8.06. The third-order valence-electron chi connectivity index (χ3n) is 6.02. The van der Waals surface area contributed by atoms with Crippen LogP contribution in [0.4, 0.5) is 0 Å². The molecular weight excluding hydrogens is 438 g/mol. The number of carbonyl (C=O) groups is 1. The van der Waals surface area contributed by atoms with Crippen LogP contribution in [0.2, 0.25) is 0 Å². The smallest absolute Gasteiger partial charge is 0.262 e. The van der Waals surface area contributed by atoms with Gasteiger partial charge < -0.3 is 9.64 Å². The van der Waals surface area contributed by atoms with Crippen molar-refractivity contribution in [1.82, 2.24) is 24.1 Å². The van der Waals surface area contributed by atoms with Gasteiger partial charge in [0.1, 0.15) is 0 Å². The number of aryl methyl sites for hydroxylation is 1. The van der Waals surface area contributed by atoms with Crippen LogP contribution in [0.15, 0.2) is 58.5 Å². The monoisotopic (exact) mass is 463 g/mol. The number of hydrogen-bond donors (Lipinski definition) is 0. The molecule has 0 aliphatic carbocycles. The van der Waals surface area contributed by atoms with Gasteiger partial charge >= 0.3 is 0 Å². The summed E-state index contributed by atoms with van der Waals surface area (Å²) in [7, 11) is 1.64. The number of benzene rings is 2. The van der Waals surface area contributed by atoms with E-state index in [2.05, 4.69) is 22.3 Å². The number of carbonyl (C=O) groups excluding carboxylic acids is 1. The van der Waals surface area contributed by atoms with Crippen LogP contribution in [0.1, 0.15) is 17.5 Å². The Morgan fingerprint density at radius 1 is 1.09 bits per heavy atom. The first-order chi connectivity index (χ1) is 16.2. The highest BCUT2D eigenvalue weighted by molar-refractivity contribution is 7.99. The molecule has 3 heterocycles. The second kappa shape index (κ2) is 9.36. The van der Waals surface area contributed by atoms with E-state index in [0.717, 1.165) is 18.5 Å². The zero-order valence-electron chi connectivity index (χ0n) is 18.4. The zero-order chi connectivity index (χ0) is 22.8. The lowest BCUT2D eigenvalue weighted by molar-refractivity contribution is -0.129. The molecule has 0 radical (unpaired) electrons. The standard InChI is InChI=1S/C24H25N5O3S/c1-32-14-6-12-28-22(31)19-9-4-5-10-20(19)29-23(28)25-26-24(29)33-16-21(30)27-13-11-17-7-2-3-8-18(17)15-27/h2-5,7-10H,6,11-16H2,1H3. The number of methoxy groups -OCH3 is 1. The SMILES string of the molecule is COCCCn1c(=O)c2ccccc2n2c(SCC(=O)N3CCc4ccccc4C3)nnc12. The summed E-state index contributed by atoms with van der Waals surface area (Å²) in [5, 5.41) is 9.86. The molecule has 2 aromatic heterocycles. The molecule has 0 saturated carbocycles. The Balaban J connectivity index is 1.42. The van der Waals surface area contributed by atoms with Gasteiger partial charge in [-0.2, -0.15) is 0 Å². The minimum absolute atomic E-state index is 0.0731. The molecule has 0 unspecified atom stereocenters. The summed E-state index contributed by atoms with van der Waals surface area (Å²) < 4.78 is 8.67. The van der Waals surface area contributed by atoms with Crippen molar-refractivity contribution in [2.24, 2.45) is 0 Å². The first kappa shape index (κ1) is 21.7. The molecule has 0 N–H and O–H groups in total. The maximum Gasteiger partial charge on any atom is 0.262 e. The molecule has 1 amide bonds. The van der Waals surface area contributed by atoms with E-state index in [0.29, 0.717) is 42.4 Å². The van der Waals surface area contributed by atoms with E-state index in [4.69, 9.17) is 4.74 Å². The number of para-hydroxylation sites is 1. The molecule has 170 valence electrons. The van der Waals surface area contributed by atoms with Crippen LogP contribution in [0.5, 0.6) is 0 Å². The van der Waals surface area contributed by atoms with E-state index in [9.17, 15) is 9.59 Å². The van der Waals surface area contributed by atoms with E-state index < -0.39 is 0 Å². The van der Waals surface area contributed by atoms with Crippen molar-refractivity contribution in [2.45, 2.75) is 31.1 Å². The fourth-order valence-corrected chi connectivity index (χ4v) is 5.16. The van der Waals surface area contributed by atoms with E-state index in [1.807, 2.05) is 45.7 Å². The summed E-state index contributed by atoms with van der Waals surface area (Å²) in [6.07, 6.45) is 1.56. The minimum atomic E-state index is -0.0961. The van der Waals surface area contributed by atoms with Crippen LogP contribution in [-0.2, 0) is 29.0 Å². The zero-order valence-corrected chi connectivity index (χ0v) is 19.3. The number of rotatable bonds is 7. The van der Waals surface area contributed by atoms with Crippen molar-refractivity contribution < 1.29 is 9.53 Å². The number of fused-ring (bicyclic) bond motifs is 4. The lowest BCUT2D eigenvalue weighted by Crippen LogP contribution is -2.37. The predicted octanol–water partition coefficient (Wildman–Crippen LogP) is 2.76. The number of nitrogens with zero attached hydrogens (tertiary/aromatic N) is 5. The summed E-state index contributed by atoms with van der Waals surface area (Å²) in [6, 6.07) is 15.7. The van der Waals surface area contributed by atoms with Crippen molar-refractivity contribution in [3.63, 3.8) is 0 Å². The molecular formula is C24H25N5O3S. The van der Waals surface area contributed by atoms with Crippen molar-refractivity contribution in [1.29, 1.82) is 0 Å². The van der Waals surface area contributed by atoms with Crippen LogP contribution in [0.3, 0.4) is 0 Å². The van der Waals surface area contributed by atoms with Crippen LogP contribution >= 0.6 is 11.8 Å². The molecule has 0 saturated heterocycles. The third kappa shape index (κ3) is 4.14. The van der Waals surface area contributed by atoms with Gasteiger partial charge in [0.05, 0.1) is 16.7 Å². The maximum absolute atomic E-state index is 13.1. The number of amides is 1. The molecule has 1 aliphatic rings. The number of aromatic nitrogens is 4. The number of hydrogen-bond acceptors (Lipinski definition) is 6. The average Bonchev–Trinajstić information content (AvgIpc) is 3.28. The van der Waals surface area contributed by atoms with Crippen LogP contribution in [0.25, 0.3) is 16.7 Å². The van der Waals surface area contributed by atoms with E-state index in [1.165, 1.54) is 22.9 Å². The Kier molecular flexibility index (Phi) is 6.15. The number of ether oxygens (including phenoxy) is 1. The topological polar surface area (TPSA) is 81.7 Å². The minimum Gasteiger partial charge on any atom is -0.385 e. The van der Waals surface area contributed by atoms with E-state index in [-0.39, 0.29) is 17.2 Å². The Hall–Kier alpha value is -3.17. The van der Waals surface area contributed by atoms with Gasteiger partial charge in [-0.3, -0.25) is 18.6 Å². The normalized spacial score (nSPS) is 13.5. The van der Waals surface area contributed by atoms with Gasteiger partial charge in [-0.1, -0.05) is 48.2 Å². The molecule has 2 aromatic carbocycles. The van der Waals surface area contributed by atoms with Crippen LogP contribution in [0, 0.1) is 0 Å². The molecule has 33 heavy (non-hydrogen) atoms. The van der Waals surface area contributed by atoms with Crippen LogP contribution < -0.4 is 5.56 Å². The van der Waals surface area contributed by atoms with Gasteiger partial charge in [-0.15, -0.1) is 10.2 Å². The highest BCUT2D eigenvalue weighted by Crippen LogP contribution is 2.24. The quantitative estimate of drug-likeness (QED) is 0.310. The first-order valence-corrected chi connectivity index (χ1v) is 12.0. The Labute approximate surface area is 195 Å². The summed E-state index contributed by atoms with van der Waals surface area (Å²) in [5.41, 5.74) is 3.17. The Bertz CT molecular complexity index is 1380. The molecule has 5 rings (SSSR count). The van der Waals surface area contributed by atoms with Gasteiger partial charge in [-0.05, 0) is 36.1 Å². The fourth-order valence-electron chi connectivity index (χ4n) is 4.32. The average molecular weight is 464 g/mol. The molecule has 9 heteroatoms. The number of thioether (sulfide) groups is 1. The van der Waals surface area contributed by atoms with Gasteiger partial charge in [0.2, 0.25) is 11.7 Å². The van der Waals surface area contributed by atoms with Crippen molar-refractivity contribution in [3.05, 3.63) is 70.0 Å². The summed E-state index contributed by atoms with van der Waals surface area (Å²) in [6.45, 7) is 2.39. The lowest BCUT2D eigenvalue weighted by Gasteiger charge is -2.28. The predicted molar refractivity (Wildman–Crippen MR) is 128 cm³/mol. The summed E-state index contributed by atoms with van der Waals surface area (Å²) in [5.74, 6) is 0.820. The first-order valence-electron chi connectivity index (χ1n) is 11.0. The summed E-state index contributed by atoms with van der Waals surface area (Å²) >= 11 is 1.36. The van der Waals surface area contributed by atoms with E-state index >= 15 is 0 Å². The molecule has 0 bridgehead atoms. The highest BCUT2D eigenvalue weighted by atomic mass is 32.2. The van der Waals surface area contributed by atoms with Crippen LogP contribution in [-0.4, -0.2) is 56.0 Å². The van der Waals surface area contributed by atoms with Gasteiger partial charge in [-0.25, -0.2) is 0 Å². The molecule has 0 fully saturated rings. The second-order valence-corrected chi connectivity index (χ2v) is 9.00. The highest BCUT2D eigenvalue weighted by Gasteiger charge is 2.22. The third-order valence-corrected chi connectivity index (χ3v) is 6.93. The molecule has 0 spiro atoms. The Morgan fingerprint density at radius 3 is 2.73 bits per heavy atom. The molecule has 4 aromatic rings. The maximum atomic E-state index is 13.1. The van der Waals surface area contributed by atoms with Gasteiger partial charge in [0.15, 0.2) is 5.16 Å². The molecule has 8 nitrogen and oxygen atoms in total. The summed E-state index contributed by atoms with van der Waals surface area (Å²) in [4.78, 5) is 28.0.